The molecule has 3 rings (SSSR count). The van der Waals surface area contributed by atoms with Crippen LogP contribution in [0.3, 0.4) is 0 Å². The van der Waals surface area contributed by atoms with E-state index in [1.54, 1.807) is 7.11 Å². The number of carbonyl (C=O) groups is 1. The second kappa shape index (κ2) is 7.40. The monoisotopic (exact) mass is 401 g/mol. The van der Waals surface area contributed by atoms with Crippen molar-refractivity contribution in [1.82, 2.24) is 9.97 Å². The Morgan fingerprint density at radius 3 is 2.56 bits per heavy atom. The summed E-state index contributed by atoms with van der Waals surface area (Å²) >= 11 is 2.83. The van der Waals surface area contributed by atoms with E-state index in [9.17, 15) is 4.79 Å². The number of ether oxygens (including phenoxy) is 1. The largest absolute Gasteiger partial charge is 0.496 e. The van der Waals surface area contributed by atoms with E-state index in [0.29, 0.717) is 10.0 Å². The Kier molecular flexibility index (Phi) is 5.35. The van der Waals surface area contributed by atoms with Gasteiger partial charge in [-0.25, -0.2) is 9.97 Å². The summed E-state index contributed by atoms with van der Waals surface area (Å²) in [6.07, 6.45) is 0. The molecule has 1 amide bonds. The van der Waals surface area contributed by atoms with Crippen LogP contribution >= 0.6 is 22.7 Å². The fourth-order valence-electron chi connectivity index (χ4n) is 2.56. The molecule has 0 aliphatic carbocycles. The smallest absolute Gasteiger partial charge is 0.269 e. The molecule has 0 atom stereocenters. The molecule has 0 aliphatic heterocycles. The van der Waals surface area contributed by atoms with E-state index in [0.717, 1.165) is 33.3 Å². The predicted octanol–water partition coefficient (Wildman–Crippen LogP) is 5.44. The van der Waals surface area contributed by atoms with Gasteiger partial charge in [0.2, 0.25) is 0 Å². The molecule has 0 saturated carbocycles. The van der Waals surface area contributed by atoms with Crippen molar-refractivity contribution in [3.05, 3.63) is 44.7 Å². The van der Waals surface area contributed by atoms with E-state index in [-0.39, 0.29) is 11.3 Å². The summed E-state index contributed by atoms with van der Waals surface area (Å²) < 4.78 is 5.44. The fourth-order valence-corrected chi connectivity index (χ4v) is 4.28. The van der Waals surface area contributed by atoms with Crippen molar-refractivity contribution in [3.8, 4) is 17.0 Å². The van der Waals surface area contributed by atoms with Gasteiger partial charge in [-0.3, -0.25) is 10.1 Å². The molecule has 0 spiro atoms. The zero-order valence-corrected chi connectivity index (χ0v) is 18.0. The SMILES string of the molecule is COc1ccc(C)cc1-c1csc(NC(=O)c2sc(C(C)(C)C)nc2C)n1. The van der Waals surface area contributed by atoms with Gasteiger partial charge in [0.15, 0.2) is 5.13 Å². The number of hydrogen-bond acceptors (Lipinski definition) is 6. The fraction of sp³-hybridized carbons (Fsp3) is 0.350. The molecule has 0 radical (unpaired) electrons. The predicted molar refractivity (Wildman–Crippen MR) is 112 cm³/mol. The van der Waals surface area contributed by atoms with Gasteiger partial charge in [-0.1, -0.05) is 32.4 Å². The molecule has 7 heteroatoms. The molecule has 0 aliphatic rings. The lowest BCUT2D eigenvalue weighted by Gasteiger charge is -2.13. The van der Waals surface area contributed by atoms with Crippen molar-refractivity contribution >= 4 is 33.7 Å². The number of aromatic nitrogens is 2. The first-order chi connectivity index (χ1) is 12.7. The molecule has 0 bridgehead atoms. The molecule has 142 valence electrons. The van der Waals surface area contributed by atoms with Gasteiger partial charge in [-0.2, -0.15) is 0 Å². The average molecular weight is 402 g/mol. The van der Waals surface area contributed by atoms with E-state index in [1.807, 2.05) is 37.4 Å². The Morgan fingerprint density at radius 1 is 1.19 bits per heavy atom. The molecule has 27 heavy (non-hydrogen) atoms. The minimum Gasteiger partial charge on any atom is -0.496 e. The average Bonchev–Trinajstić information content (AvgIpc) is 3.21. The molecule has 0 fully saturated rings. The first kappa shape index (κ1) is 19.5. The van der Waals surface area contributed by atoms with Crippen LogP contribution in [-0.4, -0.2) is 23.0 Å². The van der Waals surface area contributed by atoms with E-state index in [1.165, 1.54) is 22.7 Å². The Balaban J connectivity index is 1.84. The van der Waals surface area contributed by atoms with Gasteiger partial charge in [0, 0.05) is 16.4 Å². The molecule has 2 aromatic heterocycles. The van der Waals surface area contributed by atoms with E-state index < -0.39 is 0 Å². The zero-order valence-electron chi connectivity index (χ0n) is 16.3. The van der Waals surface area contributed by atoms with Crippen LogP contribution in [0.5, 0.6) is 5.75 Å². The van der Waals surface area contributed by atoms with E-state index in [4.69, 9.17) is 4.74 Å². The summed E-state index contributed by atoms with van der Waals surface area (Å²) in [5.74, 6) is 0.592. The number of thiazole rings is 2. The molecule has 1 aromatic carbocycles. The Bertz CT molecular complexity index is 984. The highest BCUT2D eigenvalue weighted by Gasteiger charge is 2.23. The number of amides is 1. The van der Waals surface area contributed by atoms with Crippen LogP contribution < -0.4 is 10.1 Å². The van der Waals surface area contributed by atoms with Crippen LogP contribution in [-0.2, 0) is 5.41 Å². The highest BCUT2D eigenvalue weighted by Crippen LogP contribution is 2.34. The van der Waals surface area contributed by atoms with Crippen molar-refractivity contribution in [3.63, 3.8) is 0 Å². The summed E-state index contributed by atoms with van der Waals surface area (Å²) in [5.41, 5.74) is 3.49. The van der Waals surface area contributed by atoms with Gasteiger partial charge < -0.3 is 4.74 Å². The Labute approximate surface area is 167 Å². The molecule has 0 saturated heterocycles. The quantitative estimate of drug-likeness (QED) is 0.632. The Morgan fingerprint density at radius 2 is 1.93 bits per heavy atom. The topological polar surface area (TPSA) is 64.1 Å². The van der Waals surface area contributed by atoms with E-state index in [2.05, 4.69) is 36.1 Å². The number of rotatable bonds is 4. The third kappa shape index (κ3) is 4.20. The van der Waals surface area contributed by atoms with Crippen LogP contribution in [0.25, 0.3) is 11.3 Å². The maximum absolute atomic E-state index is 12.7. The summed E-state index contributed by atoms with van der Waals surface area (Å²) in [4.78, 5) is 22.5. The molecule has 5 nitrogen and oxygen atoms in total. The number of carbonyl (C=O) groups excluding carboxylic acids is 1. The van der Waals surface area contributed by atoms with Gasteiger partial charge in [-0.15, -0.1) is 22.7 Å². The maximum atomic E-state index is 12.7. The summed E-state index contributed by atoms with van der Waals surface area (Å²) in [6.45, 7) is 10.2. The minimum atomic E-state index is -0.169. The lowest BCUT2D eigenvalue weighted by atomic mass is 9.98. The second-order valence-corrected chi connectivity index (χ2v) is 9.24. The number of benzene rings is 1. The first-order valence-corrected chi connectivity index (χ1v) is 10.3. The molecule has 2 heterocycles. The lowest BCUT2D eigenvalue weighted by molar-refractivity contribution is 0.103. The van der Waals surface area contributed by atoms with Crippen LogP contribution in [0, 0.1) is 13.8 Å². The lowest BCUT2D eigenvalue weighted by Crippen LogP contribution is -2.11. The second-order valence-electron chi connectivity index (χ2n) is 7.38. The number of hydrogen-bond donors (Lipinski definition) is 1. The van der Waals surface area contributed by atoms with Gasteiger partial charge in [0.25, 0.3) is 5.91 Å². The van der Waals surface area contributed by atoms with Gasteiger partial charge >= 0.3 is 0 Å². The normalized spacial score (nSPS) is 11.5. The summed E-state index contributed by atoms with van der Waals surface area (Å²) in [6, 6.07) is 5.95. The third-order valence-corrected chi connectivity index (χ3v) is 6.34. The highest BCUT2D eigenvalue weighted by atomic mass is 32.1. The first-order valence-electron chi connectivity index (χ1n) is 8.59. The van der Waals surface area contributed by atoms with Gasteiger partial charge in [0.05, 0.1) is 23.5 Å². The number of anilines is 1. The molecular weight excluding hydrogens is 378 g/mol. The minimum absolute atomic E-state index is 0.0793. The Hall–Kier alpha value is -2.25. The van der Waals surface area contributed by atoms with Crippen molar-refractivity contribution in [1.29, 1.82) is 0 Å². The van der Waals surface area contributed by atoms with E-state index >= 15 is 0 Å². The van der Waals surface area contributed by atoms with Crippen LogP contribution in [0.1, 0.15) is 46.7 Å². The van der Waals surface area contributed by atoms with Gasteiger partial charge in [-0.05, 0) is 26.0 Å². The zero-order chi connectivity index (χ0) is 19.8. The van der Waals surface area contributed by atoms with Crippen molar-refractivity contribution < 1.29 is 9.53 Å². The summed E-state index contributed by atoms with van der Waals surface area (Å²) in [5, 5.41) is 6.34. The van der Waals surface area contributed by atoms with Crippen molar-refractivity contribution in [2.45, 2.75) is 40.0 Å². The molecule has 1 N–H and O–H groups in total. The number of aryl methyl sites for hydroxylation is 2. The highest BCUT2D eigenvalue weighted by molar-refractivity contribution is 7.15. The third-order valence-electron chi connectivity index (χ3n) is 4.00. The number of nitrogens with one attached hydrogen (secondary N) is 1. The number of nitrogens with zero attached hydrogens (tertiary/aromatic N) is 2. The van der Waals surface area contributed by atoms with Crippen LogP contribution in [0.15, 0.2) is 23.6 Å². The molecule has 3 aromatic rings. The van der Waals surface area contributed by atoms with Crippen LogP contribution in [0.4, 0.5) is 5.13 Å². The molecular formula is C20H23N3O2S2. The molecule has 0 unspecified atom stereocenters. The maximum Gasteiger partial charge on any atom is 0.269 e. The standard InChI is InChI=1S/C20H23N3O2S2/c1-11-7-8-15(25-6)13(9-11)14-10-26-19(22-14)23-17(24)16-12(2)21-18(27-16)20(3,4)5/h7-10H,1-6H3,(H,22,23,24). The van der Waals surface area contributed by atoms with Crippen molar-refractivity contribution in [2.24, 2.45) is 0 Å². The van der Waals surface area contributed by atoms with Gasteiger partial charge in [0.1, 0.15) is 10.6 Å². The number of methoxy groups -OCH3 is 1. The van der Waals surface area contributed by atoms with Crippen LogP contribution in [0.2, 0.25) is 0 Å². The van der Waals surface area contributed by atoms with Crippen molar-refractivity contribution in [2.75, 3.05) is 12.4 Å². The summed E-state index contributed by atoms with van der Waals surface area (Å²) in [7, 11) is 1.64.